The highest BCUT2D eigenvalue weighted by Crippen LogP contribution is 2.04. The van der Waals surface area contributed by atoms with Gasteiger partial charge < -0.3 is 5.32 Å². The van der Waals surface area contributed by atoms with Gasteiger partial charge in [-0.3, -0.25) is 0 Å². The molecule has 1 aromatic carbocycles. The van der Waals surface area contributed by atoms with Gasteiger partial charge in [0.15, 0.2) is 0 Å². The molecule has 0 aliphatic carbocycles. The van der Waals surface area contributed by atoms with Crippen LogP contribution < -0.4 is 5.32 Å². The van der Waals surface area contributed by atoms with E-state index in [0.29, 0.717) is 0 Å². The maximum absolute atomic E-state index is 5.57. The molecule has 0 saturated heterocycles. The molecule has 1 nitrogen and oxygen atoms in total. The first kappa shape index (κ1) is 11.3. The molecule has 0 heterocycles. The Bertz CT molecular complexity index is 266. The Balaban J connectivity index is 2.32. The summed E-state index contributed by atoms with van der Waals surface area (Å²) in [7, 11) is 0. The lowest BCUT2D eigenvalue weighted by molar-refractivity contribution is 0.677. The zero-order valence-electron chi connectivity index (χ0n) is 8.30. The number of benzene rings is 1. The summed E-state index contributed by atoms with van der Waals surface area (Å²) < 4.78 is 0. The quantitative estimate of drug-likeness (QED) is 0.561. The molecule has 0 spiro atoms. The van der Waals surface area contributed by atoms with Crippen LogP contribution in [0.2, 0.25) is 0 Å². The summed E-state index contributed by atoms with van der Waals surface area (Å²) in [5.74, 6) is 0.725. The van der Waals surface area contributed by atoms with Crippen LogP contribution in [0.25, 0.3) is 6.08 Å². The fourth-order valence-corrected chi connectivity index (χ4v) is 1.33. The molecule has 0 aliphatic rings. The van der Waals surface area contributed by atoms with Gasteiger partial charge in [0.25, 0.3) is 0 Å². The number of hydrogen-bond donors (Lipinski definition) is 1. The fraction of sp³-hybridized carbons (Fsp3) is 0.333. The second kappa shape index (κ2) is 6.63. The third-order valence-corrected chi connectivity index (χ3v) is 2.30. The Morgan fingerprint density at radius 3 is 2.57 bits per heavy atom. The molecule has 0 atom stereocenters. The molecule has 1 N–H and O–H groups in total. The maximum Gasteiger partial charge on any atom is 0.0235 e. The topological polar surface area (TPSA) is 12.0 Å². The molecule has 1 rings (SSSR count). The molecule has 0 aromatic heterocycles. The molecule has 0 fully saturated rings. The molecule has 14 heavy (non-hydrogen) atoms. The molecule has 0 bridgehead atoms. The molecular formula is C12H16ClN. The maximum atomic E-state index is 5.57. The van der Waals surface area contributed by atoms with Crippen molar-refractivity contribution in [3.8, 4) is 0 Å². The minimum Gasteiger partial charge on any atom is -0.313 e. The first-order valence-electron chi connectivity index (χ1n) is 4.85. The van der Waals surface area contributed by atoms with Crippen molar-refractivity contribution in [2.45, 2.75) is 13.0 Å². The summed E-state index contributed by atoms with van der Waals surface area (Å²) >= 11 is 5.57. The third-order valence-electron chi connectivity index (χ3n) is 2.03. The minimum absolute atomic E-state index is 0.725. The standard InChI is InChI=1S/C12H16ClN/c1-2-11-4-6-12(7-5-11)10-14-9-3-8-13/h2,4-7,14H,1,3,8-10H2. The molecule has 1 aromatic rings. The summed E-state index contributed by atoms with van der Waals surface area (Å²) in [6.07, 6.45) is 2.87. The highest BCUT2D eigenvalue weighted by atomic mass is 35.5. The van der Waals surface area contributed by atoms with Crippen molar-refractivity contribution in [1.82, 2.24) is 5.32 Å². The van der Waals surface area contributed by atoms with Crippen molar-refractivity contribution in [2.24, 2.45) is 0 Å². The molecule has 0 amide bonds. The van der Waals surface area contributed by atoms with Crippen molar-refractivity contribution in [3.63, 3.8) is 0 Å². The van der Waals surface area contributed by atoms with Gasteiger partial charge in [-0.2, -0.15) is 0 Å². The van der Waals surface area contributed by atoms with Gasteiger partial charge in [0.05, 0.1) is 0 Å². The highest BCUT2D eigenvalue weighted by molar-refractivity contribution is 6.17. The summed E-state index contributed by atoms with van der Waals surface area (Å²) in [6.45, 7) is 5.61. The van der Waals surface area contributed by atoms with Crippen LogP contribution in [-0.4, -0.2) is 12.4 Å². The van der Waals surface area contributed by atoms with E-state index < -0.39 is 0 Å². The molecule has 0 radical (unpaired) electrons. The van der Waals surface area contributed by atoms with Crippen molar-refractivity contribution in [1.29, 1.82) is 0 Å². The van der Waals surface area contributed by atoms with Crippen LogP contribution >= 0.6 is 11.6 Å². The zero-order valence-corrected chi connectivity index (χ0v) is 9.06. The van der Waals surface area contributed by atoms with Gasteiger partial charge in [-0.25, -0.2) is 0 Å². The Morgan fingerprint density at radius 2 is 2.00 bits per heavy atom. The van der Waals surface area contributed by atoms with Crippen LogP contribution in [0.1, 0.15) is 17.5 Å². The summed E-state index contributed by atoms with van der Waals surface area (Å²) in [4.78, 5) is 0. The van der Waals surface area contributed by atoms with Crippen molar-refractivity contribution in [3.05, 3.63) is 42.0 Å². The lowest BCUT2D eigenvalue weighted by Gasteiger charge is -2.03. The Morgan fingerprint density at radius 1 is 1.29 bits per heavy atom. The van der Waals surface area contributed by atoms with Crippen LogP contribution in [0, 0.1) is 0 Å². The third kappa shape index (κ3) is 3.95. The number of halogens is 1. The molecule has 0 unspecified atom stereocenters. The minimum atomic E-state index is 0.725. The number of nitrogens with one attached hydrogen (secondary N) is 1. The second-order valence-corrected chi connectivity index (χ2v) is 3.54. The molecule has 76 valence electrons. The predicted molar refractivity (Wildman–Crippen MR) is 63.6 cm³/mol. The van der Waals surface area contributed by atoms with Gasteiger partial charge in [0, 0.05) is 12.4 Å². The summed E-state index contributed by atoms with van der Waals surface area (Å²) in [6, 6.07) is 8.38. The largest absolute Gasteiger partial charge is 0.313 e. The van der Waals surface area contributed by atoms with E-state index >= 15 is 0 Å². The molecule has 0 aliphatic heterocycles. The Hall–Kier alpha value is -0.790. The first-order chi connectivity index (χ1) is 6.86. The van der Waals surface area contributed by atoms with E-state index in [2.05, 4.69) is 36.2 Å². The molecule has 0 saturated carbocycles. The average Bonchev–Trinajstić information content (AvgIpc) is 2.25. The van der Waals surface area contributed by atoms with Gasteiger partial charge in [0.1, 0.15) is 0 Å². The van der Waals surface area contributed by atoms with Gasteiger partial charge in [-0.15, -0.1) is 11.6 Å². The van der Waals surface area contributed by atoms with Crippen LogP contribution in [0.4, 0.5) is 0 Å². The van der Waals surface area contributed by atoms with E-state index in [1.54, 1.807) is 0 Å². The number of rotatable bonds is 6. The normalized spacial score (nSPS) is 10.1. The van der Waals surface area contributed by atoms with E-state index in [-0.39, 0.29) is 0 Å². The van der Waals surface area contributed by atoms with Crippen molar-refractivity contribution >= 4 is 17.7 Å². The van der Waals surface area contributed by atoms with Crippen LogP contribution in [0.15, 0.2) is 30.8 Å². The summed E-state index contributed by atoms with van der Waals surface area (Å²) in [5, 5.41) is 3.33. The van der Waals surface area contributed by atoms with Gasteiger partial charge >= 0.3 is 0 Å². The smallest absolute Gasteiger partial charge is 0.0235 e. The van der Waals surface area contributed by atoms with Crippen molar-refractivity contribution < 1.29 is 0 Å². The van der Waals surface area contributed by atoms with E-state index in [4.69, 9.17) is 11.6 Å². The lowest BCUT2D eigenvalue weighted by atomic mass is 10.1. The lowest BCUT2D eigenvalue weighted by Crippen LogP contribution is -2.14. The second-order valence-electron chi connectivity index (χ2n) is 3.17. The monoisotopic (exact) mass is 209 g/mol. The highest BCUT2D eigenvalue weighted by Gasteiger charge is 1.91. The molecule has 2 heteroatoms. The Labute approximate surface area is 90.8 Å². The number of hydrogen-bond acceptors (Lipinski definition) is 1. The van der Waals surface area contributed by atoms with Gasteiger partial charge in [0.2, 0.25) is 0 Å². The van der Waals surface area contributed by atoms with Crippen LogP contribution in [-0.2, 0) is 6.54 Å². The predicted octanol–water partition coefficient (Wildman–Crippen LogP) is 3.05. The SMILES string of the molecule is C=Cc1ccc(CNCCCCl)cc1. The van der Waals surface area contributed by atoms with E-state index in [1.807, 2.05) is 6.08 Å². The van der Waals surface area contributed by atoms with Gasteiger partial charge in [-0.05, 0) is 24.1 Å². The van der Waals surface area contributed by atoms with Crippen LogP contribution in [0.5, 0.6) is 0 Å². The van der Waals surface area contributed by atoms with E-state index in [9.17, 15) is 0 Å². The van der Waals surface area contributed by atoms with Gasteiger partial charge in [-0.1, -0.05) is 36.9 Å². The zero-order chi connectivity index (χ0) is 10.2. The van der Waals surface area contributed by atoms with Crippen molar-refractivity contribution in [2.75, 3.05) is 12.4 Å². The first-order valence-corrected chi connectivity index (χ1v) is 5.38. The Kier molecular flexibility index (Phi) is 5.35. The van der Waals surface area contributed by atoms with Crippen LogP contribution in [0.3, 0.4) is 0 Å². The fourth-order valence-electron chi connectivity index (χ4n) is 1.20. The molecular weight excluding hydrogens is 194 g/mol. The van der Waals surface area contributed by atoms with E-state index in [1.165, 1.54) is 5.56 Å². The number of alkyl halides is 1. The van der Waals surface area contributed by atoms with E-state index in [0.717, 1.165) is 31.0 Å². The summed E-state index contributed by atoms with van der Waals surface area (Å²) in [5.41, 5.74) is 2.46. The average molecular weight is 210 g/mol.